The molecule has 2 aromatic heterocycles. The maximum Gasteiger partial charge on any atom is 0.422 e. The van der Waals surface area contributed by atoms with Crippen LogP contribution < -0.4 is 9.64 Å². The highest BCUT2D eigenvalue weighted by atomic mass is 19.4. The number of nitrogens with zero attached hydrogens (tertiary/aromatic N) is 5. The fourth-order valence-corrected chi connectivity index (χ4v) is 3.83. The largest absolute Gasteiger partial charge is 0.468 e. The number of hydrogen-bond acceptors (Lipinski definition) is 7. The van der Waals surface area contributed by atoms with Gasteiger partial charge in [0.15, 0.2) is 6.61 Å². The van der Waals surface area contributed by atoms with E-state index in [4.69, 9.17) is 14.5 Å². The van der Waals surface area contributed by atoms with Gasteiger partial charge in [-0.15, -0.1) is 0 Å². The fourth-order valence-electron chi connectivity index (χ4n) is 3.83. The Morgan fingerprint density at radius 2 is 1.57 bits per heavy atom. The number of rotatable bonds is 12. The summed E-state index contributed by atoms with van der Waals surface area (Å²) >= 11 is 0. The van der Waals surface area contributed by atoms with Crippen molar-refractivity contribution in [2.24, 2.45) is 0 Å². The molecule has 4 rings (SSSR count). The fraction of sp³-hybridized carbons (Fsp3) is 0.680. The van der Waals surface area contributed by atoms with Crippen molar-refractivity contribution >= 4 is 5.82 Å². The van der Waals surface area contributed by atoms with Crippen molar-refractivity contribution in [1.82, 2.24) is 19.9 Å². The van der Waals surface area contributed by atoms with E-state index in [1.807, 2.05) is 20.2 Å². The summed E-state index contributed by atoms with van der Waals surface area (Å²) in [6.07, 6.45) is 3.29. The third-order valence-electron chi connectivity index (χ3n) is 6.32. The van der Waals surface area contributed by atoms with Gasteiger partial charge in [-0.2, -0.15) is 18.2 Å². The Balaban J connectivity index is 1.34. The molecule has 2 saturated carbocycles. The number of halogens is 3. The second-order valence-electron chi connectivity index (χ2n) is 10.0. The van der Waals surface area contributed by atoms with Crippen LogP contribution in [0.5, 0.6) is 5.88 Å². The summed E-state index contributed by atoms with van der Waals surface area (Å²) in [6.45, 7) is 6.14. The van der Waals surface area contributed by atoms with Crippen LogP contribution in [0.25, 0.3) is 0 Å². The van der Waals surface area contributed by atoms with Crippen molar-refractivity contribution < 1.29 is 22.6 Å². The molecule has 7 nitrogen and oxygen atoms in total. The smallest absolute Gasteiger partial charge is 0.422 e. The molecular weight excluding hydrogens is 459 g/mol. The Hall–Kier alpha value is -2.49. The Labute approximate surface area is 204 Å². The molecule has 2 aliphatic rings. The summed E-state index contributed by atoms with van der Waals surface area (Å²) in [6, 6.07) is 0. The summed E-state index contributed by atoms with van der Waals surface area (Å²) in [7, 11) is 1.99. The molecule has 0 N–H and O–H groups in total. The normalized spacial score (nSPS) is 17.0. The summed E-state index contributed by atoms with van der Waals surface area (Å²) < 4.78 is 49.2. The topological polar surface area (TPSA) is 73.3 Å². The predicted octanol–water partition coefficient (Wildman–Crippen LogP) is 5.34. The Morgan fingerprint density at radius 3 is 2.14 bits per heavy atom. The first-order valence-corrected chi connectivity index (χ1v) is 12.3. The zero-order valence-corrected chi connectivity index (χ0v) is 20.8. The Bertz CT molecular complexity index is 1010. The van der Waals surface area contributed by atoms with Crippen molar-refractivity contribution in [3.63, 3.8) is 0 Å². The SMILES string of the molecule is CC(C)c1cnc(C2CC2)nc1N(C)CCOC[C@@H](C)c1cnc(C2CC2)nc1OCC(F)(F)F. The summed E-state index contributed by atoms with van der Waals surface area (Å²) in [5.41, 5.74) is 1.63. The minimum Gasteiger partial charge on any atom is -0.468 e. The first-order chi connectivity index (χ1) is 16.6. The molecule has 0 amide bonds. The molecule has 0 spiro atoms. The molecule has 0 aromatic carbocycles. The Kier molecular flexibility index (Phi) is 7.78. The van der Waals surface area contributed by atoms with Gasteiger partial charge in [0.1, 0.15) is 17.5 Å². The van der Waals surface area contributed by atoms with E-state index < -0.39 is 12.8 Å². The van der Waals surface area contributed by atoms with Gasteiger partial charge in [0.25, 0.3) is 0 Å². The highest BCUT2D eigenvalue weighted by Gasteiger charge is 2.32. The van der Waals surface area contributed by atoms with Crippen molar-refractivity contribution in [3.8, 4) is 5.88 Å². The van der Waals surface area contributed by atoms with Crippen LogP contribution in [-0.4, -0.2) is 59.5 Å². The molecule has 1 atom stereocenters. The van der Waals surface area contributed by atoms with Crippen LogP contribution in [0.1, 0.15) is 92.9 Å². The molecule has 0 saturated heterocycles. The van der Waals surface area contributed by atoms with Crippen molar-refractivity contribution in [2.45, 2.75) is 76.3 Å². The molecule has 192 valence electrons. The average Bonchev–Trinajstić information content (AvgIpc) is 3.71. The quantitative estimate of drug-likeness (QED) is 0.370. The number of alkyl halides is 3. The van der Waals surface area contributed by atoms with Crippen LogP contribution in [0.3, 0.4) is 0 Å². The lowest BCUT2D eigenvalue weighted by molar-refractivity contribution is -0.154. The average molecular weight is 494 g/mol. The maximum atomic E-state index is 12.8. The van der Waals surface area contributed by atoms with Gasteiger partial charge in [0.2, 0.25) is 5.88 Å². The van der Waals surface area contributed by atoms with Gasteiger partial charge in [0.05, 0.1) is 13.2 Å². The third kappa shape index (κ3) is 7.02. The monoisotopic (exact) mass is 493 g/mol. The minimum absolute atomic E-state index is 0.00242. The minimum atomic E-state index is -4.43. The summed E-state index contributed by atoms with van der Waals surface area (Å²) in [4.78, 5) is 20.1. The highest BCUT2D eigenvalue weighted by molar-refractivity contribution is 5.47. The molecule has 0 unspecified atom stereocenters. The van der Waals surface area contributed by atoms with Gasteiger partial charge in [-0.25, -0.2) is 15.0 Å². The third-order valence-corrected chi connectivity index (χ3v) is 6.32. The highest BCUT2D eigenvalue weighted by Crippen LogP contribution is 2.40. The molecule has 35 heavy (non-hydrogen) atoms. The number of aromatic nitrogens is 4. The van der Waals surface area contributed by atoms with Crippen molar-refractivity contribution in [1.29, 1.82) is 0 Å². The second-order valence-corrected chi connectivity index (χ2v) is 10.0. The molecular formula is C25H34F3N5O2. The lowest BCUT2D eigenvalue weighted by atomic mass is 10.1. The lowest BCUT2D eigenvalue weighted by Gasteiger charge is -2.23. The molecule has 2 aromatic rings. The van der Waals surface area contributed by atoms with Gasteiger partial charge in [-0.05, 0) is 31.6 Å². The Morgan fingerprint density at radius 1 is 0.971 bits per heavy atom. The second kappa shape index (κ2) is 10.6. The van der Waals surface area contributed by atoms with E-state index >= 15 is 0 Å². The van der Waals surface area contributed by atoms with Crippen LogP contribution in [0.2, 0.25) is 0 Å². The van der Waals surface area contributed by atoms with Gasteiger partial charge in [0, 0.05) is 54.9 Å². The number of likely N-dealkylation sites (N-methyl/N-ethyl adjacent to an activating group) is 1. The number of anilines is 1. The lowest BCUT2D eigenvalue weighted by Crippen LogP contribution is -2.26. The van der Waals surface area contributed by atoms with E-state index in [-0.39, 0.29) is 17.7 Å². The number of hydrogen-bond donors (Lipinski definition) is 0. The van der Waals surface area contributed by atoms with Crippen LogP contribution in [0.4, 0.5) is 19.0 Å². The number of ether oxygens (including phenoxy) is 2. The predicted molar refractivity (Wildman–Crippen MR) is 126 cm³/mol. The molecule has 2 fully saturated rings. The van der Waals surface area contributed by atoms with E-state index in [9.17, 15) is 13.2 Å². The zero-order chi connectivity index (χ0) is 25.2. The molecule has 2 heterocycles. The van der Waals surface area contributed by atoms with Gasteiger partial charge >= 0.3 is 6.18 Å². The first kappa shape index (κ1) is 25.6. The standard InChI is InChI=1S/C25H34F3N5O2/c1-15(2)19-11-29-21(17-5-6-17)31-23(19)33(4)9-10-34-13-16(3)20-12-30-22(18-7-8-18)32-24(20)35-14-25(26,27)28/h11-12,15-18H,5-10,13-14H2,1-4H3/t16-/m1/s1. The van der Waals surface area contributed by atoms with Crippen molar-refractivity contribution in [3.05, 3.63) is 35.2 Å². The van der Waals surface area contributed by atoms with E-state index in [1.165, 1.54) is 0 Å². The van der Waals surface area contributed by atoms with Crippen LogP contribution in [-0.2, 0) is 4.74 Å². The molecule has 0 radical (unpaired) electrons. The molecule has 0 aliphatic heterocycles. The first-order valence-electron chi connectivity index (χ1n) is 12.3. The van der Waals surface area contributed by atoms with Gasteiger partial charge < -0.3 is 14.4 Å². The van der Waals surface area contributed by atoms with Crippen LogP contribution in [0.15, 0.2) is 12.4 Å². The van der Waals surface area contributed by atoms with E-state index in [1.54, 1.807) is 6.20 Å². The van der Waals surface area contributed by atoms with Crippen LogP contribution >= 0.6 is 0 Å². The van der Waals surface area contributed by atoms with E-state index in [0.717, 1.165) is 42.9 Å². The maximum absolute atomic E-state index is 12.8. The molecule has 10 heteroatoms. The van der Waals surface area contributed by atoms with Gasteiger partial charge in [-0.1, -0.05) is 20.8 Å². The van der Waals surface area contributed by atoms with E-state index in [2.05, 4.69) is 33.7 Å². The van der Waals surface area contributed by atoms with Crippen LogP contribution in [0, 0.1) is 0 Å². The summed E-state index contributed by atoms with van der Waals surface area (Å²) in [5, 5.41) is 0. The zero-order valence-electron chi connectivity index (χ0n) is 20.8. The van der Waals surface area contributed by atoms with Crippen molar-refractivity contribution in [2.75, 3.05) is 38.3 Å². The summed E-state index contributed by atoms with van der Waals surface area (Å²) in [5.74, 6) is 3.17. The molecule has 2 aliphatic carbocycles. The van der Waals surface area contributed by atoms with E-state index in [0.29, 0.717) is 43.0 Å². The molecule has 0 bridgehead atoms. The van der Waals surface area contributed by atoms with Gasteiger partial charge in [-0.3, -0.25) is 0 Å².